The second-order valence-corrected chi connectivity index (χ2v) is 5.77. The quantitative estimate of drug-likeness (QED) is 0.661. The van der Waals surface area contributed by atoms with Crippen LogP contribution in [0.4, 0.5) is 0 Å². The number of aromatic amines is 1. The average Bonchev–Trinajstić information content (AvgIpc) is 2.47. The molecule has 1 aliphatic heterocycles. The maximum absolute atomic E-state index is 12.0. The molecule has 6 nitrogen and oxygen atoms in total. The first-order valence-electron chi connectivity index (χ1n) is 7.41. The van der Waals surface area contributed by atoms with Crippen molar-refractivity contribution in [3.63, 3.8) is 0 Å². The maximum Gasteiger partial charge on any atom is 0.264 e. The maximum atomic E-state index is 12.0. The van der Waals surface area contributed by atoms with Crippen molar-refractivity contribution in [1.82, 2.24) is 14.6 Å². The van der Waals surface area contributed by atoms with Gasteiger partial charge in [0, 0.05) is 19.1 Å². The number of nitrogens with one attached hydrogen (secondary N) is 1. The van der Waals surface area contributed by atoms with E-state index in [0.29, 0.717) is 0 Å². The summed E-state index contributed by atoms with van der Waals surface area (Å²) in [6.45, 7) is 5.72. The first-order valence-corrected chi connectivity index (χ1v) is 7.82. The van der Waals surface area contributed by atoms with Crippen LogP contribution in [-0.4, -0.2) is 39.0 Å². The van der Waals surface area contributed by atoms with Crippen LogP contribution in [0, 0.1) is 4.77 Å². The van der Waals surface area contributed by atoms with E-state index in [1.54, 1.807) is 4.57 Å². The third kappa shape index (κ3) is 3.53. The lowest BCUT2D eigenvalue weighted by molar-refractivity contribution is 0.240. The van der Waals surface area contributed by atoms with Gasteiger partial charge in [-0.25, -0.2) is 0 Å². The Kier molecular flexibility index (Phi) is 5.17. The van der Waals surface area contributed by atoms with E-state index in [4.69, 9.17) is 12.2 Å². The standard InChI is InChI=1S/C14H22N4O2S/c1-3-10(2)18-13(20)11(12(19)16-14(18)21)9-15-17-7-5-4-6-8-17/h9-10,20H,3-8H2,1-2H3,(H,16,19,21)/b15-9+/t10-/m1/s1. The van der Waals surface area contributed by atoms with Crippen LogP contribution in [0.25, 0.3) is 0 Å². The predicted molar refractivity (Wildman–Crippen MR) is 85.6 cm³/mol. The van der Waals surface area contributed by atoms with Gasteiger partial charge in [0.1, 0.15) is 5.56 Å². The molecule has 1 aliphatic rings. The zero-order valence-electron chi connectivity index (χ0n) is 12.5. The summed E-state index contributed by atoms with van der Waals surface area (Å²) in [5.74, 6) is -0.112. The summed E-state index contributed by atoms with van der Waals surface area (Å²) in [5, 5.41) is 16.6. The van der Waals surface area contributed by atoms with Crippen LogP contribution in [0.15, 0.2) is 9.90 Å². The summed E-state index contributed by atoms with van der Waals surface area (Å²) < 4.78 is 1.80. The third-order valence-corrected chi connectivity index (χ3v) is 4.17. The Bertz CT molecular complexity index is 629. The Morgan fingerprint density at radius 1 is 1.43 bits per heavy atom. The Labute approximate surface area is 129 Å². The molecule has 7 heteroatoms. The topological polar surface area (TPSA) is 73.6 Å². The van der Waals surface area contributed by atoms with Crippen LogP contribution in [0.5, 0.6) is 5.88 Å². The van der Waals surface area contributed by atoms with Gasteiger partial charge in [-0.05, 0) is 44.8 Å². The molecular formula is C14H22N4O2S. The molecular weight excluding hydrogens is 288 g/mol. The van der Waals surface area contributed by atoms with Crippen LogP contribution in [0.2, 0.25) is 0 Å². The van der Waals surface area contributed by atoms with Crippen LogP contribution >= 0.6 is 12.2 Å². The largest absolute Gasteiger partial charge is 0.494 e. The Morgan fingerprint density at radius 3 is 2.71 bits per heavy atom. The van der Waals surface area contributed by atoms with Gasteiger partial charge in [-0.1, -0.05) is 6.92 Å². The SMILES string of the molecule is CC[C@@H](C)n1c(O)c(/C=N/N2CCCCC2)c(=O)[nH]c1=S. The molecule has 0 amide bonds. The highest BCUT2D eigenvalue weighted by molar-refractivity contribution is 7.71. The molecule has 0 aliphatic carbocycles. The minimum Gasteiger partial charge on any atom is -0.494 e. The number of nitrogens with zero attached hydrogens (tertiary/aromatic N) is 3. The number of hydrogen-bond donors (Lipinski definition) is 2. The lowest BCUT2D eigenvalue weighted by atomic mass is 10.2. The summed E-state index contributed by atoms with van der Waals surface area (Å²) in [5.41, 5.74) is -0.243. The number of aromatic hydroxyl groups is 1. The van der Waals surface area contributed by atoms with E-state index in [2.05, 4.69) is 10.1 Å². The van der Waals surface area contributed by atoms with Gasteiger partial charge in [0.2, 0.25) is 5.88 Å². The van der Waals surface area contributed by atoms with E-state index in [0.717, 1.165) is 32.4 Å². The normalized spacial score (nSPS) is 17.3. The van der Waals surface area contributed by atoms with Crippen molar-refractivity contribution in [3.8, 4) is 5.88 Å². The van der Waals surface area contributed by atoms with Crippen LogP contribution in [0.3, 0.4) is 0 Å². The molecule has 0 bridgehead atoms. The van der Waals surface area contributed by atoms with Gasteiger partial charge in [0.05, 0.1) is 6.21 Å². The number of H-pyrrole nitrogens is 1. The zero-order valence-corrected chi connectivity index (χ0v) is 13.3. The van der Waals surface area contributed by atoms with Gasteiger partial charge >= 0.3 is 0 Å². The molecule has 21 heavy (non-hydrogen) atoms. The molecule has 0 radical (unpaired) electrons. The zero-order chi connectivity index (χ0) is 15.4. The number of hydrogen-bond acceptors (Lipinski definition) is 5. The van der Waals surface area contributed by atoms with Crippen LogP contribution in [0.1, 0.15) is 51.1 Å². The highest BCUT2D eigenvalue weighted by Gasteiger charge is 2.15. The van der Waals surface area contributed by atoms with Crippen molar-refractivity contribution in [3.05, 3.63) is 20.7 Å². The minimum atomic E-state index is -0.405. The first kappa shape index (κ1) is 15.8. The third-order valence-electron chi connectivity index (χ3n) is 3.87. The van der Waals surface area contributed by atoms with E-state index < -0.39 is 5.56 Å². The molecule has 0 unspecified atom stereocenters. The molecule has 1 aromatic heterocycles. The molecule has 0 aromatic carbocycles. The monoisotopic (exact) mass is 310 g/mol. The van der Waals surface area contributed by atoms with Gasteiger partial charge in [-0.3, -0.25) is 19.4 Å². The first-order chi connectivity index (χ1) is 10.0. The summed E-state index contributed by atoms with van der Waals surface area (Å²) in [7, 11) is 0. The Balaban J connectivity index is 2.36. The highest BCUT2D eigenvalue weighted by atomic mass is 32.1. The fraction of sp³-hybridized carbons (Fsp3) is 0.643. The molecule has 1 fully saturated rings. The number of piperidine rings is 1. The molecule has 2 rings (SSSR count). The highest BCUT2D eigenvalue weighted by Crippen LogP contribution is 2.20. The van der Waals surface area contributed by atoms with Crippen molar-refractivity contribution in [2.45, 2.75) is 45.6 Å². The molecule has 2 heterocycles. The number of hydrazone groups is 1. The van der Waals surface area contributed by atoms with Crippen LogP contribution in [-0.2, 0) is 0 Å². The predicted octanol–water partition coefficient (Wildman–Crippen LogP) is 2.40. The molecule has 1 saturated heterocycles. The Hall–Kier alpha value is -1.63. The van der Waals surface area contributed by atoms with Gasteiger partial charge in [-0.2, -0.15) is 5.10 Å². The molecule has 116 valence electrons. The minimum absolute atomic E-state index is 0.0106. The van der Waals surface area contributed by atoms with Crippen molar-refractivity contribution in [2.24, 2.45) is 5.10 Å². The van der Waals surface area contributed by atoms with E-state index >= 15 is 0 Å². The summed E-state index contributed by atoms with van der Waals surface area (Å²) >= 11 is 5.13. The van der Waals surface area contributed by atoms with Crippen molar-refractivity contribution in [1.29, 1.82) is 0 Å². The summed E-state index contributed by atoms with van der Waals surface area (Å²) in [6, 6.07) is 0.0106. The number of rotatable bonds is 4. The molecule has 0 spiro atoms. The van der Waals surface area contributed by atoms with Crippen molar-refractivity contribution in [2.75, 3.05) is 13.1 Å². The van der Waals surface area contributed by atoms with Gasteiger partial charge in [0.25, 0.3) is 5.56 Å². The molecule has 1 aromatic rings. The van der Waals surface area contributed by atoms with Crippen LogP contribution < -0.4 is 5.56 Å². The summed E-state index contributed by atoms with van der Waals surface area (Å²) in [4.78, 5) is 14.6. The van der Waals surface area contributed by atoms with E-state index in [1.165, 1.54) is 12.6 Å². The van der Waals surface area contributed by atoms with Gasteiger partial charge in [0.15, 0.2) is 4.77 Å². The van der Waals surface area contributed by atoms with E-state index in [-0.39, 0.29) is 22.3 Å². The fourth-order valence-electron chi connectivity index (χ4n) is 2.39. The lowest BCUT2D eigenvalue weighted by Gasteiger charge is -2.23. The van der Waals surface area contributed by atoms with E-state index in [1.807, 2.05) is 18.9 Å². The Morgan fingerprint density at radius 2 is 2.10 bits per heavy atom. The van der Waals surface area contributed by atoms with Gasteiger partial charge in [-0.15, -0.1) is 0 Å². The van der Waals surface area contributed by atoms with E-state index in [9.17, 15) is 9.90 Å². The lowest BCUT2D eigenvalue weighted by Crippen LogP contribution is -2.26. The average molecular weight is 310 g/mol. The summed E-state index contributed by atoms with van der Waals surface area (Å²) in [6.07, 6.45) is 5.68. The second-order valence-electron chi connectivity index (χ2n) is 5.38. The smallest absolute Gasteiger partial charge is 0.264 e. The van der Waals surface area contributed by atoms with Crippen molar-refractivity contribution < 1.29 is 5.11 Å². The number of aromatic nitrogens is 2. The second kappa shape index (κ2) is 6.89. The van der Waals surface area contributed by atoms with Gasteiger partial charge < -0.3 is 5.11 Å². The van der Waals surface area contributed by atoms with Crippen molar-refractivity contribution >= 4 is 18.4 Å². The molecule has 0 saturated carbocycles. The molecule has 2 N–H and O–H groups in total. The fourth-order valence-corrected chi connectivity index (χ4v) is 2.75. The molecule has 1 atom stereocenters.